The molecule has 0 fully saturated rings. The first kappa shape index (κ1) is 13.9. The fourth-order valence-electron chi connectivity index (χ4n) is 2.51. The molecule has 3 aromatic carbocycles. The molecule has 0 amide bonds. The van der Waals surface area contributed by atoms with Gasteiger partial charge < -0.3 is 15.3 Å². The fourth-order valence-corrected chi connectivity index (χ4v) is 2.51. The summed E-state index contributed by atoms with van der Waals surface area (Å²) in [5, 5.41) is 30.7. The third-order valence-corrected chi connectivity index (χ3v) is 3.66. The predicted octanol–water partition coefficient (Wildman–Crippen LogP) is 3.38. The Labute approximate surface area is 126 Å². The first-order chi connectivity index (χ1) is 10.6. The topological polar surface area (TPSA) is 77.8 Å². The van der Waals surface area contributed by atoms with Gasteiger partial charge in [-0.05, 0) is 28.5 Å². The molecule has 3 N–H and O–H groups in total. The van der Waals surface area contributed by atoms with E-state index in [1.807, 2.05) is 42.5 Å². The molecular weight excluding hydrogens is 280 g/mol. The van der Waals surface area contributed by atoms with Crippen molar-refractivity contribution in [3.63, 3.8) is 0 Å². The molecule has 3 rings (SSSR count). The third kappa shape index (κ3) is 2.35. The van der Waals surface area contributed by atoms with Crippen LogP contribution in [0.3, 0.4) is 0 Å². The van der Waals surface area contributed by atoms with Gasteiger partial charge in [0.05, 0.1) is 5.56 Å². The fraction of sp³-hybridized carbons (Fsp3) is 0.0556. The molecule has 0 aliphatic rings. The van der Waals surface area contributed by atoms with Gasteiger partial charge in [-0.2, -0.15) is 0 Å². The largest absolute Gasteiger partial charge is 0.504 e. The number of phenols is 3. The Kier molecular flexibility index (Phi) is 3.43. The molecule has 0 saturated heterocycles. The number of rotatable bonds is 3. The van der Waals surface area contributed by atoms with Crippen LogP contribution in [0.2, 0.25) is 0 Å². The van der Waals surface area contributed by atoms with Crippen molar-refractivity contribution in [1.29, 1.82) is 0 Å². The van der Waals surface area contributed by atoms with Crippen molar-refractivity contribution in [2.45, 2.75) is 6.42 Å². The van der Waals surface area contributed by atoms with E-state index in [0.29, 0.717) is 0 Å². The normalized spacial score (nSPS) is 10.7. The van der Waals surface area contributed by atoms with Gasteiger partial charge >= 0.3 is 0 Å². The van der Waals surface area contributed by atoms with Crippen molar-refractivity contribution in [3.8, 4) is 17.2 Å². The zero-order valence-corrected chi connectivity index (χ0v) is 11.7. The molecule has 0 bridgehead atoms. The number of aromatic hydroxyl groups is 3. The average molecular weight is 294 g/mol. The van der Waals surface area contributed by atoms with Crippen molar-refractivity contribution in [1.82, 2.24) is 0 Å². The van der Waals surface area contributed by atoms with E-state index in [0.717, 1.165) is 16.3 Å². The van der Waals surface area contributed by atoms with Crippen LogP contribution in [0.15, 0.2) is 54.6 Å². The highest BCUT2D eigenvalue weighted by Gasteiger charge is 2.18. The summed E-state index contributed by atoms with van der Waals surface area (Å²) >= 11 is 0. The summed E-state index contributed by atoms with van der Waals surface area (Å²) in [6.45, 7) is 0. The summed E-state index contributed by atoms with van der Waals surface area (Å²) in [7, 11) is 0. The number of fused-ring (bicyclic) bond motifs is 1. The molecule has 3 aromatic rings. The van der Waals surface area contributed by atoms with Crippen molar-refractivity contribution in [3.05, 3.63) is 65.7 Å². The van der Waals surface area contributed by atoms with E-state index < -0.39 is 17.2 Å². The highest BCUT2D eigenvalue weighted by Crippen LogP contribution is 2.37. The lowest BCUT2D eigenvalue weighted by atomic mass is 9.97. The number of ketones is 1. The maximum Gasteiger partial charge on any atom is 0.201 e. The number of carbonyl (C=O) groups excluding carboxylic acids is 1. The zero-order chi connectivity index (χ0) is 15.7. The predicted molar refractivity (Wildman–Crippen MR) is 83.4 cm³/mol. The van der Waals surface area contributed by atoms with Gasteiger partial charge in [0.15, 0.2) is 17.3 Å². The average Bonchev–Trinajstić information content (AvgIpc) is 2.53. The van der Waals surface area contributed by atoms with Crippen LogP contribution >= 0.6 is 0 Å². The molecule has 0 aromatic heterocycles. The number of hydrogen-bond donors (Lipinski definition) is 3. The summed E-state index contributed by atoms with van der Waals surface area (Å²) in [5.74, 6) is -2.06. The van der Waals surface area contributed by atoms with Gasteiger partial charge in [-0.25, -0.2) is 0 Å². The Morgan fingerprint density at radius 2 is 1.55 bits per heavy atom. The minimum absolute atomic E-state index is 0.0109. The van der Waals surface area contributed by atoms with Crippen LogP contribution < -0.4 is 0 Å². The van der Waals surface area contributed by atoms with Crippen molar-refractivity contribution in [2.24, 2.45) is 0 Å². The van der Waals surface area contributed by atoms with Crippen molar-refractivity contribution < 1.29 is 20.1 Å². The second-order valence-corrected chi connectivity index (χ2v) is 5.07. The second kappa shape index (κ2) is 5.41. The van der Waals surface area contributed by atoms with E-state index in [2.05, 4.69) is 0 Å². The number of hydrogen-bond acceptors (Lipinski definition) is 4. The maximum atomic E-state index is 12.4. The lowest BCUT2D eigenvalue weighted by Crippen LogP contribution is -2.04. The van der Waals surface area contributed by atoms with E-state index in [1.165, 1.54) is 12.1 Å². The van der Waals surface area contributed by atoms with Gasteiger partial charge in [-0.3, -0.25) is 4.79 Å². The van der Waals surface area contributed by atoms with Crippen LogP contribution in [0.25, 0.3) is 10.8 Å². The lowest BCUT2D eigenvalue weighted by Gasteiger charge is -2.09. The molecule has 0 saturated carbocycles. The maximum absolute atomic E-state index is 12.4. The second-order valence-electron chi connectivity index (χ2n) is 5.07. The minimum Gasteiger partial charge on any atom is -0.504 e. The first-order valence-corrected chi connectivity index (χ1v) is 6.81. The standard InChI is InChI=1S/C18H14O4/c19-15-9-8-14(17(21)18(15)22)16(20)10-12-6-3-5-11-4-1-2-7-13(11)12/h1-9,19,21-22H,10H2. The SMILES string of the molecule is O=C(Cc1cccc2ccccc12)c1ccc(O)c(O)c1O. The van der Waals surface area contributed by atoms with Crippen LogP contribution in [0.1, 0.15) is 15.9 Å². The molecule has 0 unspecified atom stereocenters. The smallest absolute Gasteiger partial charge is 0.201 e. The first-order valence-electron chi connectivity index (χ1n) is 6.81. The van der Waals surface area contributed by atoms with Crippen LogP contribution in [-0.2, 0) is 6.42 Å². The number of Topliss-reactive ketones (excluding diaryl/α,β-unsaturated/α-hetero) is 1. The summed E-state index contributed by atoms with van der Waals surface area (Å²) in [5.41, 5.74) is 0.832. The van der Waals surface area contributed by atoms with E-state index in [-0.39, 0.29) is 17.8 Å². The Hall–Kier alpha value is -3.01. The van der Waals surface area contributed by atoms with Crippen molar-refractivity contribution in [2.75, 3.05) is 0 Å². The zero-order valence-electron chi connectivity index (χ0n) is 11.7. The summed E-state index contributed by atoms with van der Waals surface area (Å²) in [6.07, 6.45) is 0.0964. The molecular formula is C18H14O4. The monoisotopic (exact) mass is 294 g/mol. The highest BCUT2D eigenvalue weighted by molar-refractivity contribution is 6.02. The molecule has 0 aliphatic heterocycles. The van der Waals surface area contributed by atoms with E-state index in [4.69, 9.17) is 0 Å². The van der Waals surface area contributed by atoms with Gasteiger partial charge in [0.25, 0.3) is 0 Å². The number of carbonyl (C=O) groups is 1. The molecule has 22 heavy (non-hydrogen) atoms. The Morgan fingerprint density at radius 3 is 2.36 bits per heavy atom. The van der Waals surface area contributed by atoms with Crippen LogP contribution in [0.5, 0.6) is 17.2 Å². The molecule has 0 atom stereocenters. The van der Waals surface area contributed by atoms with E-state index in [9.17, 15) is 20.1 Å². The quantitative estimate of drug-likeness (QED) is 0.511. The summed E-state index contributed by atoms with van der Waals surface area (Å²) in [4.78, 5) is 12.4. The van der Waals surface area contributed by atoms with Crippen LogP contribution in [0.4, 0.5) is 0 Å². The van der Waals surface area contributed by atoms with E-state index >= 15 is 0 Å². The molecule has 0 aliphatic carbocycles. The molecule has 0 spiro atoms. The highest BCUT2D eigenvalue weighted by atomic mass is 16.3. The van der Waals surface area contributed by atoms with Gasteiger partial charge in [-0.15, -0.1) is 0 Å². The number of phenolic OH excluding ortho intramolecular Hbond substituents is 3. The molecule has 0 heterocycles. The summed E-state index contributed by atoms with van der Waals surface area (Å²) < 4.78 is 0. The van der Waals surface area contributed by atoms with Gasteiger partial charge in [0, 0.05) is 6.42 Å². The Balaban J connectivity index is 1.99. The lowest BCUT2D eigenvalue weighted by molar-refractivity contribution is 0.0990. The Morgan fingerprint density at radius 1 is 0.818 bits per heavy atom. The van der Waals surface area contributed by atoms with Gasteiger partial charge in [-0.1, -0.05) is 42.5 Å². The summed E-state index contributed by atoms with van der Waals surface area (Å²) in [6, 6.07) is 15.9. The van der Waals surface area contributed by atoms with Crippen LogP contribution in [-0.4, -0.2) is 21.1 Å². The third-order valence-electron chi connectivity index (χ3n) is 3.66. The molecule has 4 nitrogen and oxygen atoms in total. The Bertz CT molecular complexity index is 863. The molecule has 110 valence electrons. The molecule has 4 heteroatoms. The van der Waals surface area contributed by atoms with Crippen molar-refractivity contribution >= 4 is 16.6 Å². The van der Waals surface area contributed by atoms with Crippen LogP contribution in [0, 0.1) is 0 Å². The molecule has 0 radical (unpaired) electrons. The minimum atomic E-state index is -0.677. The van der Waals surface area contributed by atoms with Gasteiger partial charge in [0.2, 0.25) is 5.75 Å². The van der Waals surface area contributed by atoms with E-state index in [1.54, 1.807) is 0 Å². The number of benzene rings is 3. The van der Waals surface area contributed by atoms with Gasteiger partial charge in [0.1, 0.15) is 0 Å².